The Morgan fingerprint density at radius 3 is 2.65 bits per heavy atom. The molecular formula is C12H15NO4. The first-order valence-corrected chi connectivity index (χ1v) is 5.24. The third-order valence-corrected chi connectivity index (χ3v) is 2.26. The van der Waals surface area contributed by atoms with Gasteiger partial charge in [0.25, 0.3) is 0 Å². The van der Waals surface area contributed by atoms with E-state index < -0.39 is 5.97 Å². The first-order valence-electron chi connectivity index (χ1n) is 5.24. The van der Waals surface area contributed by atoms with E-state index in [2.05, 4.69) is 0 Å². The monoisotopic (exact) mass is 237 g/mol. The average Bonchev–Trinajstić information content (AvgIpc) is 2.35. The number of carboxylic acids is 1. The summed E-state index contributed by atoms with van der Waals surface area (Å²) in [6.07, 6.45) is 0.254. The van der Waals surface area contributed by atoms with Crippen LogP contribution < -0.4 is 9.64 Å². The Labute approximate surface area is 99.6 Å². The number of rotatable bonds is 5. The topological polar surface area (TPSA) is 66.8 Å². The molecule has 1 aromatic rings. The predicted octanol–water partition coefficient (Wildman–Crippen LogP) is 1.52. The standard InChI is InChI=1S/C12H15NO4/c1-3-11(14)13(8-12(15)16)9-5-4-6-10(7-9)17-2/h4-7H,3,8H2,1-2H3,(H,15,16). The molecule has 0 spiro atoms. The molecule has 0 aliphatic rings. The van der Waals surface area contributed by atoms with Crippen LogP contribution in [-0.2, 0) is 9.59 Å². The molecule has 5 nitrogen and oxygen atoms in total. The van der Waals surface area contributed by atoms with Gasteiger partial charge in [-0.3, -0.25) is 9.59 Å². The van der Waals surface area contributed by atoms with Gasteiger partial charge in [-0.25, -0.2) is 0 Å². The first kappa shape index (κ1) is 13.0. The second-order valence-electron chi connectivity index (χ2n) is 3.43. The first-order chi connectivity index (χ1) is 8.08. The summed E-state index contributed by atoms with van der Waals surface area (Å²) in [5, 5.41) is 8.79. The summed E-state index contributed by atoms with van der Waals surface area (Å²) in [4.78, 5) is 23.6. The SMILES string of the molecule is CCC(=O)N(CC(=O)O)c1cccc(OC)c1. The second-order valence-corrected chi connectivity index (χ2v) is 3.43. The zero-order chi connectivity index (χ0) is 12.8. The Bertz CT molecular complexity index is 417. The Kier molecular flexibility index (Phi) is 4.51. The maximum atomic E-state index is 11.7. The minimum Gasteiger partial charge on any atom is -0.497 e. The number of aliphatic carboxylic acids is 1. The molecule has 5 heteroatoms. The second kappa shape index (κ2) is 5.89. The van der Waals surface area contributed by atoms with E-state index in [0.29, 0.717) is 11.4 Å². The van der Waals surface area contributed by atoms with Crippen LogP contribution in [0.15, 0.2) is 24.3 Å². The summed E-state index contributed by atoms with van der Waals surface area (Å²) in [7, 11) is 1.52. The molecule has 0 aliphatic carbocycles. The molecule has 1 N–H and O–H groups in total. The highest BCUT2D eigenvalue weighted by Crippen LogP contribution is 2.21. The van der Waals surface area contributed by atoms with Crippen molar-refractivity contribution in [2.45, 2.75) is 13.3 Å². The highest BCUT2D eigenvalue weighted by molar-refractivity contribution is 5.97. The average molecular weight is 237 g/mol. The molecular weight excluding hydrogens is 222 g/mol. The molecule has 0 saturated carbocycles. The van der Waals surface area contributed by atoms with Gasteiger partial charge in [0, 0.05) is 18.2 Å². The number of ether oxygens (including phenoxy) is 1. The zero-order valence-electron chi connectivity index (χ0n) is 9.84. The van der Waals surface area contributed by atoms with Crippen LogP contribution in [0.2, 0.25) is 0 Å². The molecule has 0 aromatic heterocycles. The lowest BCUT2D eigenvalue weighted by Crippen LogP contribution is -2.35. The van der Waals surface area contributed by atoms with Crippen LogP contribution in [0.4, 0.5) is 5.69 Å². The smallest absolute Gasteiger partial charge is 0.323 e. The van der Waals surface area contributed by atoms with Gasteiger partial charge in [-0.1, -0.05) is 13.0 Å². The molecule has 92 valence electrons. The lowest BCUT2D eigenvalue weighted by Gasteiger charge is -2.20. The van der Waals surface area contributed by atoms with E-state index in [1.165, 1.54) is 12.0 Å². The number of hydrogen-bond donors (Lipinski definition) is 1. The van der Waals surface area contributed by atoms with E-state index >= 15 is 0 Å². The lowest BCUT2D eigenvalue weighted by atomic mass is 10.2. The highest BCUT2D eigenvalue weighted by Gasteiger charge is 2.17. The fourth-order valence-corrected chi connectivity index (χ4v) is 1.43. The molecule has 1 rings (SSSR count). The fraction of sp³-hybridized carbons (Fsp3) is 0.333. The van der Waals surface area contributed by atoms with Gasteiger partial charge in [-0.2, -0.15) is 0 Å². The Balaban J connectivity index is 3.02. The summed E-state index contributed by atoms with van der Waals surface area (Å²) < 4.78 is 5.04. The number of amides is 1. The van der Waals surface area contributed by atoms with E-state index in [-0.39, 0.29) is 18.9 Å². The van der Waals surface area contributed by atoms with Crippen molar-refractivity contribution in [2.75, 3.05) is 18.6 Å². The summed E-state index contributed by atoms with van der Waals surface area (Å²) in [6, 6.07) is 6.76. The number of carboxylic acid groups (broad SMARTS) is 1. The molecule has 0 fully saturated rings. The van der Waals surface area contributed by atoms with Crippen LogP contribution in [0, 0.1) is 0 Å². The van der Waals surface area contributed by atoms with Gasteiger partial charge in [0.15, 0.2) is 0 Å². The Hall–Kier alpha value is -2.04. The third-order valence-electron chi connectivity index (χ3n) is 2.26. The number of carbonyl (C=O) groups excluding carboxylic acids is 1. The number of carbonyl (C=O) groups is 2. The van der Waals surface area contributed by atoms with Crippen LogP contribution in [0.3, 0.4) is 0 Å². The summed E-state index contributed by atoms with van der Waals surface area (Å²) >= 11 is 0. The summed E-state index contributed by atoms with van der Waals surface area (Å²) in [5.74, 6) is -0.697. The van der Waals surface area contributed by atoms with E-state index in [1.54, 1.807) is 31.2 Å². The van der Waals surface area contributed by atoms with Crippen molar-refractivity contribution in [1.82, 2.24) is 0 Å². The number of hydrogen-bond acceptors (Lipinski definition) is 3. The predicted molar refractivity (Wildman–Crippen MR) is 63.3 cm³/mol. The van der Waals surface area contributed by atoms with Crippen LogP contribution in [0.1, 0.15) is 13.3 Å². The number of methoxy groups -OCH3 is 1. The van der Waals surface area contributed by atoms with Crippen molar-refractivity contribution >= 4 is 17.6 Å². The largest absolute Gasteiger partial charge is 0.497 e. The molecule has 0 heterocycles. The third kappa shape index (κ3) is 3.48. The number of anilines is 1. The minimum absolute atomic E-state index is 0.236. The lowest BCUT2D eigenvalue weighted by molar-refractivity contribution is -0.136. The molecule has 0 radical (unpaired) electrons. The van der Waals surface area contributed by atoms with E-state index in [1.807, 2.05) is 0 Å². The highest BCUT2D eigenvalue weighted by atomic mass is 16.5. The van der Waals surface area contributed by atoms with Gasteiger partial charge >= 0.3 is 5.97 Å². The Morgan fingerprint density at radius 1 is 1.41 bits per heavy atom. The van der Waals surface area contributed by atoms with Gasteiger partial charge in [0.1, 0.15) is 12.3 Å². The van der Waals surface area contributed by atoms with Gasteiger partial charge in [-0.05, 0) is 12.1 Å². The van der Waals surface area contributed by atoms with Gasteiger partial charge in [-0.15, -0.1) is 0 Å². The minimum atomic E-state index is -1.05. The number of benzene rings is 1. The summed E-state index contributed by atoms with van der Waals surface area (Å²) in [5.41, 5.74) is 0.526. The van der Waals surface area contributed by atoms with Crippen LogP contribution in [0.5, 0.6) is 5.75 Å². The van der Waals surface area contributed by atoms with Crippen molar-refractivity contribution in [2.24, 2.45) is 0 Å². The van der Waals surface area contributed by atoms with E-state index in [0.717, 1.165) is 0 Å². The number of nitrogens with zero attached hydrogens (tertiary/aromatic N) is 1. The van der Waals surface area contributed by atoms with Crippen molar-refractivity contribution in [1.29, 1.82) is 0 Å². The maximum Gasteiger partial charge on any atom is 0.323 e. The normalized spacial score (nSPS) is 9.76. The van der Waals surface area contributed by atoms with Crippen molar-refractivity contribution in [3.8, 4) is 5.75 Å². The molecule has 0 aliphatic heterocycles. The van der Waals surface area contributed by atoms with E-state index in [9.17, 15) is 9.59 Å². The fourth-order valence-electron chi connectivity index (χ4n) is 1.43. The molecule has 0 atom stereocenters. The van der Waals surface area contributed by atoms with Crippen molar-refractivity contribution in [3.05, 3.63) is 24.3 Å². The quantitative estimate of drug-likeness (QED) is 0.843. The van der Waals surface area contributed by atoms with Crippen molar-refractivity contribution < 1.29 is 19.4 Å². The van der Waals surface area contributed by atoms with Crippen LogP contribution in [0.25, 0.3) is 0 Å². The van der Waals surface area contributed by atoms with Crippen LogP contribution >= 0.6 is 0 Å². The molecule has 17 heavy (non-hydrogen) atoms. The summed E-state index contributed by atoms with van der Waals surface area (Å²) in [6.45, 7) is 1.34. The van der Waals surface area contributed by atoms with Gasteiger partial charge in [0.05, 0.1) is 7.11 Å². The van der Waals surface area contributed by atoms with Crippen molar-refractivity contribution in [3.63, 3.8) is 0 Å². The van der Waals surface area contributed by atoms with E-state index in [4.69, 9.17) is 9.84 Å². The van der Waals surface area contributed by atoms with Crippen LogP contribution in [-0.4, -0.2) is 30.6 Å². The molecule has 1 aromatic carbocycles. The zero-order valence-corrected chi connectivity index (χ0v) is 9.84. The molecule has 0 unspecified atom stereocenters. The maximum absolute atomic E-state index is 11.7. The Morgan fingerprint density at radius 2 is 2.12 bits per heavy atom. The van der Waals surface area contributed by atoms with Gasteiger partial charge in [0.2, 0.25) is 5.91 Å². The van der Waals surface area contributed by atoms with Gasteiger partial charge < -0.3 is 14.7 Å². The molecule has 0 saturated heterocycles. The molecule has 1 amide bonds. The molecule has 0 bridgehead atoms.